The van der Waals surface area contributed by atoms with Crippen LogP contribution in [0.15, 0.2) is 18.2 Å². The maximum absolute atomic E-state index is 5.74. The Morgan fingerprint density at radius 3 is 2.90 bits per heavy atom. The molecular weight excluding hydrogens is 254 g/mol. The highest BCUT2D eigenvalue weighted by atomic mass is 16.5. The molecule has 1 heterocycles. The first-order valence-corrected chi connectivity index (χ1v) is 7.41. The van der Waals surface area contributed by atoms with Crippen LogP contribution in [0.1, 0.15) is 37.3 Å². The van der Waals surface area contributed by atoms with Crippen LogP contribution in [0.2, 0.25) is 0 Å². The van der Waals surface area contributed by atoms with Crippen LogP contribution in [-0.4, -0.2) is 33.0 Å². The first-order chi connectivity index (χ1) is 9.81. The van der Waals surface area contributed by atoms with Gasteiger partial charge in [0.05, 0.1) is 19.8 Å². The highest BCUT2D eigenvalue weighted by Crippen LogP contribution is 2.36. The van der Waals surface area contributed by atoms with Gasteiger partial charge in [0.1, 0.15) is 11.5 Å². The number of methoxy groups -OCH3 is 2. The topological polar surface area (TPSA) is 39.7 Å². The molecule has 1 aliphatic carbocycles. The minimum absolute atomic E-state index is 0.328. The van der Waals surface area contributed by atoms with E-state index in [4.69, 9.17) is 14.2 Å². The van der Waals surface area contributed by atoms with Crippen LogP contribution >= 0.6 is 0 Å². The molecule has 0 radical (unpaired) electrons. The minimum atomic E-state index is 0.328. The predicted octanol–water partition coefficient (Wildman–Crippen LogP) is 2.68. The van der Waals surface area contributed by atoms with Gasteiger partial charge in [-0.25, -0.2) is 0 Å². The van der Waals surface area contributed by atoms with E-state index in [0.29, 0.717) is 18.2 Å². The summed E-state index contributed by atoms with van der Waals surface area (Å²) in [6.07, 6.45) is 4.92. The molecule has 1 fully saturated rings. The highest BCUT2D eigenvalue weighted by Gasteiger charge is 2.31. The number of hydrogen-bond donors (Lipinski definition) is 1. The molecule has 2 aliphatic rings. The van der Waals surface area contributed by atoms with E-state index < -0.39 is 0 Å². The lowest BCUT2D eigenvalue weighted by Crippen LogP contribution is -2.40. The van der Waals surface area contributed by atoms with E-state index in [-0.39, 0.29) is 0 Å². The zero-order chi connectivity index (χ0) is 13.9. The molecule has 20 heavy (non-hydrogen) atoms. The van der Waals surface area contributed by atoms with Crippen molar-refractivity contribution in [2.24, 2.45) is 0 Å². The predicted molar refractivity (Wildman–Crippen MR) is 77.4 cm³/mol. The van der Waals surface area contributed by atoms with Crippen molar-refractivity contribution in [1.29, 1.82) is 0 Å². The second-order valence-electron chi connectivity index (χ2n) is 5.57. The molecule has 3 rings (SSSR count). The van der Waals surface area contributed by atoms with Gasteiger partial charge in [0.25, 0.3) is 0 Å². The Morgan fingerprint density at radius 1 is 1.20 bits per heavy atom. The summed E-state index contributed by atoms with van der Waals surface area (Å²) >= 11 is 0. The molecule has 3 atom stereocenters. The summed E-state index contributed by atoms with van der Waals surface area (Å²) in [4.78, 5) is 0. The van der Waals surface area contributed by atoms with Crippen LogP contribution in [0.4, 0.5) is 0 Å². The molecule has 1 aromatic carbocycles. The van der Waals surface area contributed by atoms with Gasteiger partial charge in [0.2, 0.25) is 0 Å². The lowest BCUT2D eigenvalue weighted by atomic mass is 9.98. The Labute approximate surface area is 120 Å². The Bertz CT molecular complexity index is 463. The number of ether oxygens (including phenoxy) is 3. The van der Waals surface area contributed by atoms with Gasteiger partial charge in [0, 0.05) is 31.2 Å². The first-order valence-electron chi connectivity index (χ1n) is 7.41. The molecule has 4 heteroatoms. The van der Waals surface area contributed by atoms with Crippen LogP contribution in [0.25, 0.3) is 0 Å². The third-order valence-corrected chi connectivity index (χ3v) is 4.43. The van der Waals surface area contributed by atoms with Gasteiger partial charge in [0.15, 0.2) is 0 Å². The fraction of sp³-hybridized carbons (Fsp3) is 0.625. The molecule has 0 amide bonds. The number of rotatable bonds is 4. The van der Waals surface area contributed by atoms with Gasteiger partial charge >= 0.3 is 0 Å². The average molecular weight is 277 g/mol. The molecule has 0 bridgehead atoms. The molecule has 1 N–H and O–H groups in total. The van der Waals surface area contributed by atoms with E-state index in [1.807, 2.05) is 19.2 Å². The molecule has 0 spiro atoms. The molecule has 0 aromatic heterocycles. The van der Waals surface area contributed by atoms with Gasteiger partial charge in [-0.05, 0) is 37.5 Å². The quantitative estimate of drug-likeness (QED) is 0.918. The van der Waals surface area contributed by atoms with Crippen LogP contribution in [-0.2, 0) is 4.74 Å². The summed E-state index contributed by atoms with van der Waals surface area (Å²) < 4.78 is 16.7. The van der Waals surface area contributed by atoms with Crippen molar-refractivity contribution in [3.8, 4) is 11.5 Å². The van der Waals surface area contributed by atoms with Crippen molar-refractivity contribution >= 4 is 0 Å². The van der Waals surface area contributed by atoms with E-state index in [1.165, 1.54) is 18.4 Å². The molecule has 1 aromatic rings. The largest absolute Gasteiger partial charge is 0.497 e. The summed E-state index contributed by atoms with van der Waals surface area (Å²) in [6, 6.07) is 6.82. The zero-order valence-electron chi connectivity index (χ0n) is 12.2. The Balaban J connectivity index is 1.78. The Kier molecular flexibility index (Phi) is 4.13. The van der Waals surface area contributed by atoms with Crippen molar-refractivity contribution in [3.63, 3.8) is 0 Å². The van der Waals surface area contributed by atoms with Crippen LogP contribution in [0.5, 0.6) is 11.5 Å². The summed E-state index contributed by atoms with van der Waals surface area (Å²) in [5.41, 5.74) is 1.21. The number of fused-ring (bicyclic) bond motifs is 1. The second kappa shape index (κ2) is 6.02. The molecule has 0 saturated heterocycles. The molecule has 4 nitrogen and oxygen atoms in total. The summed E-state index contributed by atoms with van der Waals surface area (Å²) in [6.45, 7) is 0.765. The third kappa shape index (κ3) is 2.63. The zero-order valence-corrected chi connectivity index (χ0v) is 12.2. The fourth-order valence-corrected chi connectivity index (χ4v) is 3.33. The first kappa shape index (κ1) is 13.7. The molecular formula is C16H23NO3. The van der Waals surface area contributed by atoms with Crippen LogP contribution in [0.3, 0.4) is 0 Å². The van der Waals surface area contributed by atoms with E-state index >= 15 is 0 Å². The third-order valence-electron chi connectivity index (χ3n) is 4.43. The summed E-state index contributed by atoms with van der Waals surface area (Å²) in [5, 5.41) is 3.77. The SMILES string of the molecule is COc1ccc2c(c1)C(NC1CCCC1OC)CCO2. The van der Waals surface area contributed by atoms with Gasteiger partial charge in [-0.15, -0.1) is 0 Å². The monoisotopic (exact) mass is 277 g/mol. The van der Waals surface area contributed by atoms with E-state index in [9.17, 15) is 0 Å². The molecule has 1 saturated carbocycles. The number of nitrogens with one attached hydrogen (secondary N) is 1. The van der Waals surface area contributed by atoms with Crippen molar-refractivity contribution in [2.45, 2.75) is 43.9 Å². The summed E-state index contributed by atoms with van der Waals surface area (Å²) in [7, 11) is 3.51. The van der Waals surface area contributed by atoms with E-state index in [2.05, 4.69) is 11.4 Å². The average Bonchev–Trinajstić information content (AvgIpc) is 2.94. The fourth-order valence-electron chi connectivity index (χ4n) is 3.33. The Morgan fingerprint density at radius 2 is 2.10 bits per heavy atom. The van der Waals surface area contributed by atoms with Crippen molar-refractivity contribution < 1.29 is 14.2 Å². The van der Waals surface area contributed by atoms with Crippen molar-refractivity contribution in [1.82, 2.24) is 5.32 Å². The number of benzene rings is 1. The standard InChI is InChI=1S/C16H23NO3/c1-18-11-6-7-15-12(10-11)13(8-9-20-15)17-14-4-3-5-16(14)19-2/h6-7,10,13-14,16-17H,3-5,8-9H2,1-2H3. The second-order valence-corrected chi connectivity index (χ2v) is 5.57. The minimum Gasteiger partial charge on any atom is -0.497 e. The van der Waals surface area contributed by atoms with Gasteiger partial charge in [-0.2, -0.15) is 0 Å². The van der Waals surface area contributed by atoms with E-state index in [1.54, 1.807) is 7.11 Å². The number of hydrogen-bond acceptors (Lipinski definition) is 4. The lowest BCUT2D eigenvalue weighted by molar-refractivity contribution is 0.0784. The maximum Gasteiger partial charge on any atom is 0.124 e. The molecule has 3 unspecified atom stereocenters. The highest BCUT2D eigenvalue weighted by molar-refractivity contribution is 5.43. The van der Waals surface area contributed by atoms with Crippen LogP contribution in [0, 0.1) is 0 Å². The smallest absolute Gasteiger partial charge is 0.124 e. The maximum atomic E-state index is 5.74. The lowest BCUT2D eigenvalue weighted by Gasteiger charge is -2.31. The van der Waals surface area contributed by atoms with E-state index in [0.717, 1.165) is 30.9 Å². The Hall–Kier alpha value is -1.26. The van der Waals surface area contributed by atoms with Crippen molar-refractivity contribution in [3.05, 3.63) is 23.8 Å². The van der Waals surface area contributed by atoms with Gasteiger partial charge in [-0.3, -0.25) is 0 Å². The normalized spacial score (nSPS) is 28.8. The van der Waals surface area contributed by atoms with Gasteiger partial charge < -0.3 is 19.5 Å². The summed E-state index contributed by atoms with van der Waals surface area (Å²) in [5.74, 6) is 1.86. The molecule has 110 valence electrons. The van der Waals surface area contributed by atoms with Crippen LogP contribution < -0.4 is 14.8 Å². The van der Waals surface area contributed by atoms with Gasteiger partial charge in [-0.1, -0.05) is 0 Å². The molecule has 1 aliphatic heterocycles. The van der Waals surface area contributed by atoms with Crippen molar-refractivity contribution in [2.75, 3.05) is 20.8 Å².